The molecule has 2 aliphatic rings. The van der Waals surface area contributed by atoms with Crippen molar-refractivity contribution in [1.82, 2.24) is 9.88 Å². The second-order valence-electron chi connectivity index (χ2n) is 6.49. The van der Waals surface area contributed by atoms with E-state index >= 15 is 0 Å². The number of nitrogens with two attached hydrogens (primary N) is 1. The van der Waals surface area contributed by atoms with Gasteiger partial charge in [0.05, 0.1) is 10.7 Å². The number of fused-ring (bicyclic) bond motifs is 1. The Balaban J connectivity index is 0.00000176. The summed E-state index contributed by atoms with van der Waals surface area (Å²) in [6.07, 6.45) is 7.63. The van der Waals surface area contributed by atoms with Crippen LogP contribution in [0.5, 0.6) is 0 Å². The van der Waals surface area contributed by atoms with Crippen molar-refractivity contribution in [2.24, 2.45) is 5.73 Å². The number of hydrogen-bond donors (Lipinski definition) is 1. The average Bonchev–Trinajstić information content (AvgIpc) is 2.90. The molecule has 2 heterocycles. The fourth-order valence-electron chi connectivity index (χ4n) is 3.36. The van der Waals surface area contributed by atoms with Crippen molar-refractivity contribution in [2.75, 3.05) is 13.1 Å². The maximum atomic E-state index is 12.2. The van der Waals surface area contributed by atoms with E-state index in [1.54, 1.807) is 0 Å². The molecule has 0 aromatic carbocycles. The predicted octanol–water partition coefficient (Wildman–Crippen LogP) is 2.89. The summed E-state index contributed by atoms with van der Waals surface area (Å²) in [6, 6.07) is -0.0509. The number of nitrogens with zero attached hydrogens (tertiary/aromatic N) is 2. The molecule has 2 unspecified atom stereocenters. The van der Waals surface area contributed by atoms with Gasteiger partial charge in [0, 0.05) is 36.3 Å². The molecular weight excluding hydrogens is 318 g/mol. The number of carbonyl (C=O) groups is 1. The molecule has 124 valence electrons. The van der Waals surface area contributed by atoms with Crippen LogP contribution in [0, 0.1) is 0 Å². The van der Waals surface area contributed by atoms with Crippen LogP contribution in [-0.2, 0) is 17.6 Å². The maximum absolute atomic E-state index is 12.2. The molecule has 1 fully saturated rings. The Morgan fingerprint density at radius 3 is 2.91 bits per heavy atom. The van der Waals surface area contributed by atoms with E-state index in [9.17, 15) is 4.79 Å². The topological polar surface area (TPSA) is 59.2 Å². The van der Waals surface area contributed by atoms with Crippen LogP contribution in [0.3, 0.4) is 0 Å². The minimum absolute atomic E-state index is 0. The summed E-state index contributed by atoms with van der Waals surface area (Å²) < 4.78 is 0. The monoisotopic (exact) mass is 343 g/mol. The summed E-state index contributed by atoms with van der Waals surface area (Å²) in [6.45, 7) is 3.61. The lowest BCUT2D eigenvalue weighted by Gasteiger charge is -2.32. The van der Waals surface area contributed by atoms with E-state index in [0.29, 0.717) is 12.3 Å². The van der Waals surface area contributed by atoms with Gasteiger partial charge in [-0.05, 0) is 45.4 Å². The molecule has 6 heteroatoms. The molecule has 1 aromatic heterocycles. The molecule has 1 saturated heterocycles. The highest BCUT2D eigenvalue weighted by molar-refractivity contribution is 7.11. The third-order valence-corrected chi connectivity index (χ3v) is 5.80. The van der Waals surface area contributed by atoms with E-state index < -0.39 is 0 Å². The molecule has 3 rings (SSSR count). The minimum Gasteiger partial charge on any atom is -0.342 e. The van der Waals surface area contributed by atoms with Gasteiger partial charge in [0.25, 0.3) is 0 Å². The van der Waals surface area contributed by atoms with Crippen molar-refractivity contribution in [3.05, 3.63) is 15.6 Å². The number of halogens is 1. The van der Waals surface area contributed by atoms with Gasteiger partial charge in [0.15, 0.2) is 0 Å². The number of thiazole rings is 1. The molecule has 0 radical (unpaired) electrons. The zero-order valence-corrected chi connectivity index (χ0v) is 14.8. The number of rotatable bonds is 3. The second kappa shape index (κ2) is 7.75. The zero-order valence-electron chi connectivity index (χ0n) is 13.2. The fraction of sp³-hybridized carbons (Fsp3) is 0.750. The lowest BCUT2D eigenvalue weighted by atomic mass is 9.98. The summed E-state index contributed by atoms with van der Waals surface area (Å²) in [7, 11) is 0. The van der Waals surface area contributed by atoms with Crippen LogP contribution in [-0.4, -0.2) is 34.9 Å². The molecule has 0 bridgehead atoms. The second-order valence-corrected chi connectivity index (χ2v) is 7.60. The Kier molecular flexibility index (Phi) is 6.24. The van der Waals surface area contributed by atoms with Crippen molar-refractivity contribution < 1.29 is 4.79 Å². The van der Waals surface area contributed by atoms with E-state index in [0.717, 1.165) is 32.4 Å². The van der Waals surface area contributed by atoms with Gasteiger partial charge in [-0.15, -0.1) is 23.7 Å². The van der Waals surface area contributed by atoms with Crippen LogP contribution < -0.4 is 5.73 Å². The SMILES string of the molecule is CC(N)CC(=O)N1CCCC(c2nc3c(s2)CCCC3)C1.Cl. The van der Waals surface area contributed by atoms with Crippen LogP contribution in [0.1, 0.15) is 60.5 Å². The van der Waals surface area contributed by atoms with Crippen LogP contribution in [0.4, 0.5) is 0 Å². The number of amides is 1. The third-order valence-electron chi connectivity index (χ3n) is 4.48. The normalized spacial score (nSPS) is 22.6. The highest BCUT2D eigenvalue weighted by Crippen LogP contribution is 2.34. The molecular formula is C16H26ClN3OS. The first-order chi connectivity index (χ1) is 10.1. The van der Waals surface area contributed by atoms with E-state index in [-0.39, 0.29) is 24.4 Å². The lowest BCUT2D eigenvalue weighted by Crippen LogP contribution is -2.41. The number of carbonyl (C=O) groups excluding carboxylic acids is 1. The number of hydrogen-bond acceptors (Lipinski definition) is 4. The molecule has 0 spiro atoms. The molecule has 4 nitrogen and oxygen atoms in total. The van der Waals surface area contributed by atoms with Gasteiger partial charge in [-0.1, -0.05) is 0 Å². The van der Waals surface area contributed by atoms with Gasteiger partial charge in [-0.2, -0.15) is 0 Å². The standard InChI is InChI=1S/C16H25N3OS.ClH/c1-11(17)9-15(20)19-8-4-5-12(10-19)16-18-13-6-2-3-7-14(13)21-16;/h11-12H,2-10,17H2,1H3;1H. The average molecular weight is 344 g/mol. The smallest absolute Gasteiger partial charge is 0.224 e. The van der Waals surface area contributed by atoms with Gasteiger partial charge in [0.2, 0.25) is 5.91 Å². The van der Waals surface area contributed by atoms with Crippen molar-refractivity contribution in [3.63, 3.8) is 0 Å². The summed E-state index contributed by atoms with van der Waals surface area (Å²) in [5.41, 5.74) is 7.09. The maximum Gasteiger partial charge on any atom is 0.224 e. The largest absolute Gasteiger partial charge is 0.342 e. The van der Waals surface area contributed by atoms with E-state index in [1.807, 2.05) is 23.2 Å². The van der Waals surface area contributed by atoms with Crippen molar-refractivity contribution in [2.45, 2.75) is 63.8 Å². The summed E-state index contributed by atoms with van der Waals surface area (Å²) >= 11 is 1.90. The zero-order chi connectivity index (χ0) is 14.8. The lowest BCUT2D eigenvalue weighted by molar-refractivity contribution is -0.132. The van der Waals surface area contributed by atoms with Crippen LogP contribution in [0.2, 0.25) is 0 Å². The van der Waals surface area contributed by atoms with E-state index in [2.05, 4.69) is 0 Å². The number of aryl methyl sites for hydroxylation is 2. The number of aromatic nitrogens is 1. The van der Waals surface area contributed by atoms with E-state index in [4.69, 9.17) is 10.7 Å². The number of piperidine rings is 1. The van der Waals surface area contributed by atoms with Crippen LogP contribution in [0.15, 0.2) is 0 Å². The molecule has 1 aliphatic carbocycles. The van der Waals surface area contributed by atoms with Crippen molar-refractivity contribution in [1.29, 1.82) is 0 Å². The van der Waals surface area contributed by atoms with Crippen molar-refractivity contribution in [3.8, 4) is 0 Å². The molecule has 2 N–H and O–H groups in total. The first kappa shape index (κ1) is 17.7. The van der Waals surface area contributed by atoms with Crippen LogP contribution in [0.25, 0.3) is 0 Å². The molecule has 1 aliphatic heterocycles. The predicted molar refractivity (Wildman–Crippen MR) is 92.8 cm³/mol. The highest BCUT2D eigenvalue weighted by Gasteiger charge is 2.28. The molecule has 0 saturated carbocycles. The Bertz CT molecular complexity index is 494. The number of likely N-dealkylation sites (tertiary alicyclic amines) is 1. The Morgan fingerprint density at radius 2 is 2.18 bits per heavy atom. The van der Waals surface area contributed by atoms with Gasteiger partial charge in [0.1, 0.15) is 0 Å². The van der Waals surface area contributed by atoms with Gasteiger partial charge in [-0.25, -0.2) is 4.98 Å². The Morgan fingerprint density at radius 1 is 1.41 bits per heavy atom. The Labute approximate surface area is 142 Å². The molecule has 1 aromatic rings. The summed E-state index contributed by atoms with van der Waals surface area (Å²) in [5.74, 6) is 0.641. The summed E-state index contributed by atoms with van der Waals surface area (Å²) in [4.78, 5) is 20.6. The first-order valence-corrected chi connectivity index (χ1v) is 8.97. The first-order valence-electron chi connectivity index (χ1n) is 8.15. The molecule has 22 heavy (non-hydrogen) atoms. The minimum atomic E-state index is -0.0509. The van der Waals surface area contributed by atoms with E-state index in [1.165, 1.54) is 34.8 Å². The van der Waals surface area contributed by atoms with Crippen molar-refractivity contribution >= 4 is 29.7 Å². The van der Waals surface area contributed by atoms with Crippen LogP contribution >= 0.6 is 23.7 Å². The van der Waals surface area contributed by atoms with Gasteiger partial charge < -0.3 is 10.6 Å². The quantitative estimate of drug-likeness (QED) is 0.918. The summed E-state index contributed by atoms with van der Waals surface area (Å²) in [5, 5.41) is 1.26. The van der Waals surface area contributed by atoms with Gasteiger partial charge >= 0.3 is 0 Å². The molecule has 2 atom stereocenters. The molecule has 1 amide bonds. The fourth-order valence-corrected chi connectivity index (χ4v) is 4.64. The Hall–Kier alpha value is -0.650. The third kappa shape index (κ3) is 4.00. The highest BCUT2D eigenvalue weighted by atomic mass is 35.5. The van der Waals surface area contributed by atoms with Gasteiger partial charge in [-0.3, -0.25) is 4.79 Å².